The summed E-state index contributed by atoms with van der Waals surface area (Å²) in [5, 5.41) is 50.7. The number of aldehydes is 1. The number of nitrogens with two attached hydrogens (primary N) is 1. The second-order valence-corrected chi connectivity index (χ2v) is 19.5. The molecule has 13 nitrogen and oxygen atoms in total. The van der Waals surface area contributed by atoms with E-state index in [1.807, 2.05) is 45.4 Å². The van der Waals surface area contributed by atoms with E-state index in [4.69, 9.17) is 51.6 Å². The van der Waals surface area contributed by atoms with Crippen LogP contribution in [0.1, 0.15) is 75.4 Å². The number of rotatable bonds is 16. The summed E-state index contributed by atoms with van der Waals surface area (Å²) in [5.41, 5.74) is 10.5. The number of alkyl halides is 1. The van der Waals surface area contributed by atoms with Crippen molar-refractivity contribution in [3.05, 3.63) is 88.0 Å². The summed E-state index contributed by atoms with van der Waals surface area (Å²) >= 11 is 12.8. The zero-order chi connectivity index (χ0) is 45.8. The first-order chi connectivity index (χ1) is 27.9. The number of amides is 1. The summed E-state index contributed by atoms with van der Waals surface area (Å²) in [5.74, 6) is 2.87. The number of aromatic hydroxyl groups is 1. The van der Waals surface area contributed by atoms with Crippen LogP contribution in [0.25, 0.3) is 0 Å². The van der Waals surface area contributed by atoms with Crippen LogP contribution in [0.15, 0.2) is 54.6 Å². The van der Waals surface area contributed by atoms with Crippen LogP contribution in [0.4, 0.5) is 4.79 Å². The molecule has 3 rings (SSSR count). The van der Waals surface area contributed by atoms with Gasteiger partial charge in [0, 0.05) is 5.88 Å². The summed E-state index contributed by atoms with van der Waals surface area (Å²) in [6.45, 7) is 9.81. The van der Waals surface area contributed by atoms with E-state index in [0.29, 0.717) is 46.3 Å². The molecule has 0 aromatic heterocycles. The Morgan fingerprint density at radius 1 is 0.787 bits per heavy atom. The molecule has 0 saturated carbocycles. The minimum absolute atomic E-state index is 0. The third-order valence-corrected chi connectivity index (χ3v) is 8.70. The van der Waals surface area contributed by atoms with Crippen LogP contribution in [0.2, 0.25) is 0 Å². The smallest absolute Gasteiger partial charge is 0.508 e. The summed E-state index contributed by atoms with van der Waals surface area (Å²) in [4.78, 5) is 20.3. The van der Waals surface area contributed by atoms with Crippen molar-refractivity contribution in [2.24, 2.45) is 5.73 Å². The van der Waals surface area contributed by atoms with Crippen LogP contribution < -0.4 is 25.8 Å². The van der Waals surface area contributed by atoms with E-state index in [9.17, 15) is 14.7 Å². The molecule has 0 aliphatic heterocycles. The molecule has 0 heterocycles. The number of carbonyl (C=O) groups excluding carboxylic acids is 2. The van der Waals surface area contributed by atoms with Gasteiger partial charge < -0.3 is 49.9 Å². The van der Waals surface area contributed by atoms with E-state index in [2.05, 4.69) is 75.5 Å². The van der Waals surface area contributed by atoms with Gasteiger partial charge >= 0.3 is 27.8 Å². The van der Waals surface area contributed by atoms with Crippen molar-refractivity contribution in [1.82, 2.24) is 10.6 Å². The van der Waals surface area contributed by atoms with E-state index in [1.54, 1.807) is 36.4 Å². The van der Waals surface area contributed by atoms with Gasteiger partial charge in [0.1, 0.15) is 42.6 Å². The molecule has 0 fully saturated rings. The normalized spacial score (nSPS) is 10.6. The van der Waals surface area contributed by atoms with E-state index in [1.165, 1.54) is 11.1 Å². The molecule has 9 N–H and O–H groups in total. The molecule has 1 amide bonds. The molecule has 1 radical (unpaired) electrons. The molecule has 0 spiro atoms. The number of phenols is 1. The minimum Gasteiger partial charge on any atom is -0.508 e. The average molecular weight is 1070 g/mol. The van der Waals surface area contributed by atoms with Gasteiger partial charge in [-0.2, -0.15) is 0 Å². The van der Waals surface area contributed by atoms with Crippen molar-refractivity contribution in [3.8, 4) is 17.2 Å². The van der Waals surface area contributed by atoms with Crippen LogP contribution in [0, 0.1) is 0 Å². The number of aryl methyl sites for hydroxylation is 2. The molecule has 0 aliphatic rings. The van der Waals surface area contributed by atoms with E-state index in [0.717, 1.165) is 36.1 Å². The van der Waals surface area contributed by atoms with E-state index >= 15 is 0 Å². The fourth-order valence-corrected chi connectivity index (χ4v) is 5.23. The number of phenolic OH excluding ortho intramolecular Hbond substituents is 1. The Bertz CT molecular complexity index is 1570. The summed E-state index contributed by atoms with van der Waals surface area (Å²) in [6, 6.07) is 16.1. The Hall–Kier alpha value is -1.05. The minimum atomic E-state index is -0.410. The molecular weight excluding hydrogens is 1000 g/mol. The third-order valence-electron chi connectivity index (χ3n) is 6.45. The molecule has 3 aromatic carbocycles. The quantitative estimate of drug-likeness (QED) is 0.0162. The van der Waals surface area contributed by atoms with Gasteiger partial charge in [0.05, 0.1) is 37.6 Å². The third kappa shape index (κ3) is 41.4. The Morgan fingerprint density at radius 2 is 1.18 bits per heavy atom. The van der Waals surface area contributed by atoms with Crippen LogP contribution in [0.5, 0.6) is 17.2 Å². The Kier molecular flexibility index (Phi) is 50.0. The fourth-order valence-electron chi connectivity index (χ4n) is 4.02. The molecule has 4 unspecified atom stereocenters. The van der Waals surface area contributed by atoms with Crippen LogP contribution in [-0.2, 0) is 112 Å². The SMILES string of the molecule is C.CC(C)(C)OC(=O)NCBr.CCc1cc(O)cc(CC)c1.CS(=S)CC=O.CS(=S)CNCOc1cc(CO)cc(CO)c1.NCOc1cc(CO)cc(CO)c1.PP.[Ti+3]. The second kappa shape index (κ2) is 44.2. The monoisotopic (exact) mass is 1070 g/mol. The largest absolute Gasteiger partial charge is 3.00 e. The Labute approximate surface area is 407 Å². The summed E-state index contributed by atoms with van der Waals surface area (Å²) in [6.07, 6.45) is 6.27. The maximum Gasteiger partial charge on any atom is 3.00 e. The van der Waals surface area contributed by atoms with Crippen LogP contribution in [-0.4, -0.2) is 86.6 Å². The van der Waals surface area contributed by atoms with Gasteiger partial charge in [-0.15, -0.1) is 36.8 Å². The fraction of sp³-hybridized carbons (Fsp3) is 0.500. The maximum absolute atomic E-state index is 10.7. The number of carbonyl (C=O) groups is 2. The maximum atomic E-state index is 10.7. The van der Waals surface area contributed by atoms with Gasteiger partial charge in [-0.1, -0.05) is 77.8 Å². The van der Waals surface area contributed by atoms with Gasteiger partial charge in [0.2, 0.25) is 0 Å². The van der Waals surface area contributed by atoms with Crippen molar-refractivity contribution in [2.45, 2.75) is 86.9 Å². The zero-order valence-corrected chi connectivity index (χ0v) is 44.3. The Balaban J connectivity index is -0.000000217. The molecule has 3 aromatic rings. The molecule has 21 heteroatoms. The van der Waals surface area contributed by atoms with E-state index in [-0.39, 0.29) is 81.2 Å². The molecule has 347 valence electrons. The first-order valence-corrected chi connectivity index (χ1v) is 27.3. The number of halogens is 1. The molecule has 61 heavy (non-hydrogen) atoms. The topological polar surface area (TPSA) is 213 Å². The van der Waals surface area contributed by atoms with Crippen LogP contribution in [0.3, 0.4) is 0 Å². The number of hydrogen-bond donors (Lipinski definition) is 8. The van der Waals surface area contributed by atoms with Crippen molar-refractivity contribution in [2.75, 3.05) is 43.1 Å². The number of aliphatic hydroxyl groups is 4. The summed E-state index contributed by atoms with van der Waals surface area (Å²) in [7, 11) is 4.49. The van der Waals surface area contributed by atoms with E-state index < -0.39 is 11.7 Å². The van der Waals surface area contributed by atoms with Gasteiger partial charge in [-0.25, -0.2) is 4.79 Å². The predicted octanol–water partition coefficient (Wildman–Crippen LogP) is 5.79. The van der Waals surface area contributed by atoms with Gasteiger partial charge in [0.15, 0.2) is 0 Å². The number of aliphatic hydroxyl groups excluding tert-OH is 4. The second-order valence-electron chi connectivity index (χ2n) is 12.6. The van der Waals surface area contributed by atoms with Crippen molar-refractivity contribution < 1.29 is 71.1 Å². The standard InChI is InChI=1S/C11H17NO3S2.C10H14O.C9H13NO3.C6H12BrNO2.C3H6OS2.CH4.H4P2.Ti/c1-17(16)8-12-7-15-11-3-9(5-13)2-10(4-11)6-14;1-3-8-5-9(4-2)7-10(11)6-8;10-6-13-9-2-7(4-11)1-8(3-9)5-12;1-6(2,3)10-5(9)8-4-7;1-6(5)3-2-4;;1-2;/h2-4,12-14H,5-8H2,1H3;5-7,11H,3-4H2,1-2H3;1-3,11-12H,4-6,10H2;4H2,1-3H3,(H,8,9);2H,3H2,1H3;1H4;1-2H2;/q;;;;;;;+3. The first kappa shape index (κ1) is 69.0. The zero-order valence-electron chi connectivity index (χ0n) is 35.6. The molecule has 0 saturated heterocycles. The van der Waals surface area contributed by atoms with Gasteiger partial charge in [-0.3, -0.25) is 11.1 Å². The molecule has 4 atom stereocenters. The molecule has 0 bridgehead atoms. The van der Waals surface area contributed by atoms with Gasteiger partial charge in [-0.05, 0) is 116 Å². The predicted molar refractivity (Wildman–Crippen MR) is 268 cm³/mol. The van der Waals surface area contributed by atoms with Crippen molar-refractivity contribution in [3.63, 3.8) is 0 Å². The average Bonchev–Trinajstić information content (AvgIpc) is 3.20. The van der Waals surface area contributed by atoms with Crippen molar-refractivity contribution in [1.29, 1.82) is 0 Å². The summed E-state index contributed by atoms with van der Waals surface area (Å²) < 4.78 is 15.4. The molecule has 0 aliphatic carbocycles. The number of nitrogens with one attached hydrogen (secondary N) is 2. The molecular formula is C40H70BrN3O10P2S4Ti+3. The number of alkyl carbamates (subject to hydrolysis) is 1. The van der Waals surface area contributed by atoms with Crippen molar-refractivity contribution >= 4 is 87.5 Å². The van der Waals surface area contributed by atoms with Crippen LogP contribution >= 0.6 is 33.8 Å². The number of ether oxygens (including phenoxy) is 3. The first-order valence-electron chi connectivity index (χ1n) is 18.0. The number of hydrogen-bond acceptors (Lipinski definition) is 14. The number of benzene rings is 3. The Morgan fingerprint density at radius 3 is 1.46 bits per heavy atom. The van der Waals surface area contributed by atoms with Gasteiger partial charge in [0.25, 0.3) is 0 Å².